The molecule has 0 saturated carbocycles. The van der Waals surface area contributed by atoms with Crippen LogP contribution in [0.1, 0.15) is 13.3 Å². The van der Waals surface area contributed by atoms with Gasteiger partial charge in [-0.2, -0.15) is 0 Å². The van der Waals surface area contributed by atoms with Crippen molar-refractivity contribution in [1.29, 1.82) is 0 Å². The van der Waals surface area contributed by atoms with E-state index in [0.717, 1.165) is 6.42 Å². The lowest BCUT2D eigenvalue weighted by atomic mass is 10.4. The summed E-state index contributed by atoms with van der Waals surface area (Å²) in [5.41, 5.74) is 0. The van der Waals surface area contributed by atoms with Gasteiger partial charge in [0.15, 0.2) is 0 Å². The molecule has 0 saturated heterocycles. The highest BCUT2D eigenvalue weighted by Gasteiger charge is 2.40. The Labute approximate surface area is 92.7 Å². The van der Waals surface area contributed by atoms with Crippen molar-refractivity contribution in [3.05, 3.63) is 0 Å². The molecule has 15 heavy (non-hydrogen) atoms. The molecular formula is C9H22O5Si. The maximum absolute atomic E-state index is 9.67. The average Bonchev–Trinajstić information content (AvgIpc) is 2.26. The Hall–Kier alpha value is 0.0169. The van der Waals surface area contributed by atoms with E-state index < -0.39 is 14.9 Å². The normalized spacial score (nSPS) is 14.2. The highest BCUT2D eigenvalue weighted by molar-refractivity contribution is 6.60. The van der Waals surface area contributed by atoms with Crippen LogP contribution in [0.5, 0.6) is 0 Å². The lowest BCUT2D eigenvalue weighted by molar-refractivity contribution is 0.0305. The summed E-state index contributed by atoms with van der Waals surface area (Å²) in [4.78, 5) is 0. The van der Waals surface area contributed by atoms with Gasteiger partial charge in [-0.1, -0.05) is 6.92 Å². The molecule has 6 heteroatoms. The number of rotatable bonds is 9. The van der Waals surface area contributed by atoms with Gasteiger partial charge in [-0.3, -0.25) is 0 Å². The quantitative estimate of drug-likeness (QED) is 0.472. The van der Waals surface area contributed by atoms with E-state index in [-0.39, 0.29) is 0 Å². The molecule has 0 spiro atoms. The summed E-state index contributed by atoms with van der Waals surface area (Å²) >= 11 is 0. The lowest BCUT2D eigenvalue weighted by Gasteiger charge is -2.26. The molecule has 1 atom stereocenters. The van der Waals surface area contributed by atoms with Crippen molar-refractivity contribution in [1.82, 2.24) is 0 Å². The van der Waals surface area contributed by atoms with Crippen LogP contribution >= 0.6 is 0 Å². The molecule has 0 aromatic carbocycles. The van der Waals surface area contributed by atoms with Gasteiger partial charge >= 0.3 is 8.80 Å². The van der Waals surface area contributed by atoms with Crippen molar-refractivity contribution in [2.75, 3.05) is 34.5 Å². The van der Waals surface area contributed by atoms with Crippen LogP contribution in [0.4, 0.5) is 0 Å². The third kappa shape index (κ3) is 5.60. The molecule has 92 valence electrons. The highest BCUT2D eigenvalue weighted by atomic mass is 28.4. The minimum absolute atomic E-state index is 0.290. The van der Waals surface area contributed by atoms with Crippen LogP contribution in [0.3, 0.4) is 0 Å². The van der Waals surface area contributed by atoms with E-state index in [1.807, 2.05) is 6.92 Å². The van der Waals surface area contributed by atoms with Crippen LogP contribution in [0.2, 0.25) is 6.04 Å². The third-order valence-electron chi connectivity index (χ3n) is 2.08. The van der Waals surface area contributed by atoms with Gasteiger partial charge in [-0.25, -0.2) is 0 Å². The van der Waals surface area contributed by atoms with E-state index in [1.54, 1.807) is 0 Å². The number of ether oxygens (including phenoxy) is 1. The van der Waals surface area contributed by atoms with Crippen molar-refractivity contribution in [2.24, 2.45) is 0 Å². The number of aliphatic hydroxyl groups is 1. The summed E-state index contributed by atoms with van der Waals surface area (Å²) in [6.45, 7) is 2.96. The first-order valence-corrected chi connectivity index (χ1v) is 6.98. The van der Waals surface area contributed by atoms with E-state index in [9.17, 15) is 5.11 Å². The summed E-state index contributed by atoms with van der Waals surface area (Å²) < 4.78 is 20.8. The maximum atomic E-state index is 9.67. The molecule has 0 aliphatic heterocycles. The Morgan fingerprint density at radius 1 is 1.13 bits per heavy atom. The lowest BCUT2D eigenvalue weighted by Crippen LogP contribution is -2.46. The fraction of sp³-hybridized carbons (Fsp3) is 1.00. The van der Waals surface area contributed by atoms with Gasteiger partial charge in [0.1, 0.15) is 0 Å². The predicted molar refractivity (Wildman–Crippen MR) is 58.7 cm³/mol. The second-order valence-corrected chi connectivity index (χ2v) is 6.23. The smallest absolute Gasteiger partial charge is 0.391 e. The fourth-order valence-corrected chi connectivity index (χ4v) is 2.91. The first-order chi connectivity index (χ1) is 7.14. The summed E-state index contributed by atoms with van der Waals surface area (Å²) in [7, 11) is 1.91. The zero-order chi connectivity index (χ0) is 11.7. The second-order valence-electron chi connectivity index (χ2n) is 3.23. The van der Waals surface area contributed by atoms with Crippen LogP contribution in [0, 0.1) is 0 Å². The standard InChI is InChI=1S/C9H22O5Si/c1-5-6-14-7-9(10)8-15(11-2,12-3)13-4/h9-10H,5-8H2,1-4H3. The van der Waals surface area contributed by atoms with Gasteiger partial charge in [0.05, 0.1) is 12.7 Å². The highest BCUT2D eigenvalue weighted by Crippen LogP contribution is 2.15. The molecule has 0 aromatic heterocycles. The molecule has 5 nitrogen and oxygen atoms in total. The van der Waals surface area contributed by atoms with E-state index in [2.05, 4.69) is 0 Å². The molecule has 0 aromatic rings. The summed E-state index contributed by atoms with van der Waals surface area (Å²) in [5, 5.41) is 9.67. The van der Waals surface area contributed by atoms with Crippen LogP contribution in [0.25, 0.3) is 0 Å². The zero-order valence-electron chi connectivity index (χ0n) is 9.99. The summed E-state index contributed by atoms with van der Waals surface area (Å²) in [6, 6.07) is 0.347. The SMILES string of the molecule is CCCOCC(O)C[Si](OC)(OC)OC. The second kappa shape index (κ2) is 8.20. The molecule has 0 fully saturated rings. The van der Waals surface area contributed by atoms with Crippen molar-refractivity contribution in [3.8, 4) is 0 Å². The Kier molecular flexibility index (Phi) is 8.21. The molecule has 1 N–H and O–H groups in total. The van der Waals surface area contributed by atoms with Gasteiger partial charge in [0, 0.05) is 34.0 Å². The summed E-state index contributed by atoms with van der Waals surface area (Å²) in [6.07, 6.45) is 0.330. The van der Waals surface area contributed by atoms with Gasteiger partial charge in [0.25, 0.3) is 0 Å². The monoisotopic (exact) mass is 238 g/mol. The first kappa shape index (κ1) is 15.0. The first-order valence-electron chi connectivity index (χ1n) is 5.05. The van der Waals surface area contributed by atoms with Crippen molar-refractivity contribution in [2.45, 2.75) is 25.5 Å². The Morgan fingerprint density at radius 3 is 2.07 bits per heavy atom. The molecular weight excluding hydrogens is 216 g/mol. The van der Waals surface area contributed by atoms with E-state index in [1.165, 1.54) is 21.3 Å². The van der Waals surface area contributed by atoms with Gasteiger partial charge in [-0.05, 0) is 6.42 Å². The molecule has 0 amide bonds. The van der Waals surface area contributed by atoms with Gasteiger partial charge < -0.3 is 23.1 Å². The molecule has 0 rings (SSSR count). The van der Waals surface area contributed by atoms with Crippen LogP contribution in [0.15, 0.2) is 0 Å². The Balaban J connectivity index is 3.94. The topological polar surface area (TPSA) is 57.2 Å². The van der Waals surface area contributed by atoms with E-state index in [0.29, 0.717) is 19.3 Å². The maximum Gasteiger partial charge on any atom is 0.502 e. The number of aliphatic hydroxyl groups excluding tert-OH is 1. The third-order valence-corrected chi connectivity index (χ3v) is 4.91. The van der Waals surface area contributed by atoms with E-state index >= 15 is 0 Å². The minimum atomic E-state index is -2.67. The van der Waals surface area contributed by atoms with Gasteiger partial charge in [0.2, 0.25) is 0 Å². The molecule has 0 heterocycles. The largest absolute Gasteiger partial charge is 0.502 e. The van der Waals surface area contributed by atoms with E-state index in [4.69, 9.17) is 18.0 Å². The number of hydrogen-bond donors (Lipinski definition) is 1. The number of hydrogen-bond acceptors (Lipinski definition) is 5. The van der Waals surface area contributed by atoms with Crippen LogP contribution in [-0.4, -0.2) is 54.6 Å². The van der Waals surface area contributed by atoms with Gasteiger partial charge in [-0.15, -0.1) is 0 Å². The van der Waals surface area contributed by atoms with Crippen LogP contribution < -0.4 is 0 Å². The summed E-state index contributed by atoms with van der Waals surface area (Å²) in [5.74, 6) is 0. The van der Waals surface area contributed by atoms with Crippen molar-refractivity contribution in [3.63, 3.8) is 0 Å². The predicted octanol–water partition coefficient (Wildman–Crippen LogP) is 0.652. The Bertz CT molecular complexity index is 143. The molecule has 0 radical (unpaired) electrons. The molecule has 0 aliphatic rings. The fourth-order valence-electron chi connectivity index (χ4n) is 1.21. The van der Waals surface area contributed by atoms with Crippen molar-refractivity contribution < 1.29 is 23.1 Å². The molecule has 0 bridgehead atoms. The minimum Gasteiger partial charge on any atom is -0.391 e. The zero-order valence-corrected chi connectivity index (χ0v) is 11.0. The Morgan fingerprint density at radius 2 is 1.67 bits per heavy atom. The average molecular weight is 238 g/mol. The van der Waals surface area contributed by atoms with Crippen LogP contribution in [-0.2, 0) is 18.0 Å². The van der Waals surface area contributed by atoms with Crippen molar-refractivity contribution >= 4 is 8.80 Å². The molecule has 0 aliphatic carbocycles. The molecule has 1 unspecified atom stereocenters.